The van der Waals surface area contributed by atoms with Gasteiger partial charge in [-0.2, -0.15) is 21.6 Å². The number of hydrogen-bond donors (Lipinski definition) is 0. The van der Waals surface area contributed by atoms with E-state index < -0.39 is 26.8 Å². The maximum atomic E-state index is 12.9. The summed E-state index contributed by atoms with van der Waals surface area (Å²) in [6, 6.07) is 9.51. The lowest BCUT2D eigenvalue weighted by Gasteiger charge is -2.30. The van der Waals surface area contributed by atoms with Gasteiger partial charge in [-0.05, 0) is 49.2 Å². The molecule has 9 heteroatoms. The Bertz CT molecular complexity index is 1020. The highest BCUT2D eigenvalue weighted by atomic mass is 32.2. The van der Waals surface area contributed by atoms with Crippen LogP contribution in [0.4, 0.5) is 13.2 Å². The van der Waals surface area contributed by atoms with Crippen molar-refractivity contribution < 1.29 is 30.6 Å². The molecule has 0 radical (unpaired) electrons. The van der Waals surface area contributed by atoms with E-state index in [0.29, 0.717) is 11.6 Å². The van der Waals surface area contributed by atoms with Crippen LogP contribution in [0.1, 0.15) is 45.2 Å². The summed E-state index contributed by atoms with van der Waals surface area (Å²) in [5.41, 5.74) is -0.437. The molecule has 0 unspecified atom stereocenters. The van der Waals surface area contributed by atoms with Crippen molar-refractivity contribution in [1.29, 1.82) is 0 Å². The van der Waals surface area contributed by atoms with E-state index in [4.69, 9.17) is 4.18 Å². The molecule has 0 saturated carbocycles. The van der Waals surface area contributed by atoms with Crippen LogP contribution in [0.3, 0.4) is 0 Å². The molecule has 0 fully saturated rings. The summed E-state index contributed by atoms with van der Waals surface area (Å²) in [6.45, 7) is 7.76. The topological polar surface area (TPSA) is 63.7 Å². The number of alkyl halides is 3. The van der Waals surface area contributed by atoms with Crippen LogP contribution in [0, 0.1) is 5.92 Å². The first-order valence-electron chi connectivity index (χ1n) is 9.86. The fourth-order valence-electron chi connectivity index (χ4n) is 2.90. The van der Waals surface area contributed by atoms with Gasteiger partial charge in [0, 0.05) is 18.5 Å². The summed E-state index contributed by atoms with van der Waals surface area (Å²) in [5.74, 6) is -0.275. The minimum atomic E-state index is -4.67. The van der Waals surface area contributed by atoms with Crippen molar-refractivity contribution in [3.05, 3.63) is 59.7 Å². The van der Waals surface area contributed by atoms with Crippen LogP contribution in [0.25, 0.3) is 0 Å². The Morgan fingerprint density at radius 3 is 2.29 bits per heavy atom. The monoisotopic (exact) mass is 457 g/mol. The Hall–Kier alpha value is -2.55. The van der Waals surface area contributed by atoms with Gasteiger partial charge in [-0.25, -0.2) is 0 Å². The third-order valence-electron chi connectivity index (χ3n) is 4.81. The van der Waals surface area contributed by atoms with Gasteiger partial charge >= 0.3 is 16.3 Å². The second kappa shape index (κ2) is 9.72. The zero-order chi connectivity index (χ0) is 23.4. The quantitative estimate of drug-likeness (QED) is 0.508. The summed E-state index contributed by atoms with van der Waals surface area (Å²) in [7, 11) is -4.47. The molecule has 0 aliphatic heterocycles. The van der Waals surface area contributed by atoms with Crippen molar-refractivity contribution >= 4 is 16.0 Å². The van der Waals surface area contributed by atoms with Gasteiger partial charge in [-0.15, -0.1) is 0 Å². The lowest BCUT2D eigenvalue weighted by atomic mass is 10.1. The van der Waals surface area contributed by atoms with Crippen LogP contribution in [0.5, 0.6) is 5.75 Å². The van der Waals surface area contributed by atoms with E-state index in [1.807, 2.05) is 13.8 Å². The minimum Gasteiger partial charge on any atom is -0.379 e. The predicted molar refractivity (Wildman–Crippen MR) is 111 cm³/mol. The molecule has 0 bridgehead atoms. The second-order valence-corrected chi connectivity index (χ2v) is 9.13. The lowest BCUT2D eigenvalue weighted by molar-refractivity contribution is -0.138. The van der Waals surface area contributed by atoms with Crippen LogP contribution in [0.15, 0.2) is 53.4 Å². The van der Waals surface area contributed by atoms with Gasteiger partial charge in [0.2, 0.25) is 5.91 Å². The fraction of sp³-hybridized carbons (Fsp3) is 0.409. The Balaban J connectivity index is 2.28. The highest BCUT2D eigenvalue weighted by Gasteiger charge is 2.32. The number of hydrogen-bond acceptors (Lipinski definition) is 4. The first-order valence-corrected chi connectivity index (χ1v) is 11.3. The van der Waals surface area contributed by atoms with Crippen molar-refractivity contribution in [3.63, 3.8) is 0 Å². The third-order valence-corrected chi connectivity index (χ3v) is 6.05. The van der Waals surface area contributed by atoms with Crippen molar-refractivity contribution in [2.24, 2.45) is 5.92 Å². The Morgan fingerprint density at radius 1 is 1.06 bits per heavy atom. The van der Waals surface area contributed by atoms with E-state index in [1.165, 1.54) is 12.1 Å². The zero-order valence-corrected chi connectivity index (χ0v) is 18.6. The number of benzene rings is 2. The molecule has 0 heterocycles. The molecule has 0 aliphatic rings. The second-order valence-electron chi connectivity index (χ2n) is 7.59. The van der Waals surface area contributed by atoms with Crippen molar-refractivity contribution in [2.45, 2.75) is 57.8 Å². The van der Waals surface area contributed by atoms with Gasteiger partial charge in [0.25, 0.3) is 0 Å². The smallest absolute Gasteiger partial charge is 0.379 e. The molecular weight excluding hydrogens is 431 g/mol. The summed E-state index contributed by atoms with van der Waals surface area (Å²) in [4.78, 5) is 13.7. The molecule has 1 atom stereocenters. The van der Waals surface area contributed by atoms with Crippen LogP contribution in [-0.2, 0) is 27.6 Å². The molecule has 0 saturated heterocycles. The van der Waals surface area contributed by atoms with Crippen molar-refractivity contribution in [1.82, 2.24) is 4.90 Å². The van der Waals surface area contributed by atoms with Crippen LogP contribution in [0.2, 0.25) is 0 Å². The van der Waals surface area contributed by atoms with Gasteiger partial charge in [-0.3, -0.25) is 4.79 Å². The average molecular weight is 458 g/mol. The van der Waals surface area contributed by atoms with E-state index >= 15 is 0 Å². The van der Waals surface area contributed by atoms with Gasteiger partial charge in [0.05, 0.1) is 5.56 Å². The summed E-state index contributed by atoms with van der Waals surface area (Å²) >= 11 is 0. The SMILES string of the molecule is CC[C@@H](C)N(Cc1cccc(OS(=O)(=O)c2cccc(C(F)(F)F)c2)c1)C(=O)C(C)C. The fourth-order valence-corrected chi connectivity index (χ4v) is 3.87. The molecule has 170 valence electrons. The van der Waals surface area contributed by atoms with Gasteiger partial charge in [-0.1, -0.05) is 39.0 Å². The number of rotatable bonds is 8. The van der Waals surface area contributed by atoms with E-state index in [9.17, 15) is 26.4 Å². The normalized spacial score (nSPS) is 13.2. The largest absolute Gasteiger partial charge is 0.416 e. The summed E-state index contributed by atoms with van der Waals surface area (Å²) in [6.07, 6.45) is -3.92. The minimum absolute atomic E-state index is 0.0201. The van der Waals surface area contributed by atoms with E-state index in [-0.39, 0.29) is 30.2 Å². The number of carbonyl (C=O) groups excluding carboxylic acids is 1. The van der Waals surface area contributed by atoms with Gasteiger partial charge in [0.15, 0.2) is 0 Å². The number of halogens is 3. The first-order chi connectivity index (χ1) is 14.3. The number of amides is 1. The molecular formula is C22H26F3NO4S. The van der Waals surface area contributed by atoms with Crippen LogP contribution in [-0.4, -0.2) is 25.3 Å². The zero-order valence-electron chi connectivity index (χ0n) is 17.8. The summed E-state index contributed by atoms with van der Waals surface area (Å²) < 4.78 is 68.8. The Morgan fingerprint density at radius 2 is 1.71 bits per heavy atom. The molecule has 31 heavy (non-hydrogen) atoms. The molecule has 2 rings (SSSR count). The van der Waals surface area contributed by atoms with Crippen molar-refractivity contribution in [2.75, 3.05) is 0 Å². The molecule has 1 amide bonds. The van der Waals surface area contributed by atoms with Gasteiger partial charge in [0.1, 0.15) is 10.6 Å². The summed E-state index contributed by atoms with van der Waals surface area (Å²) in [5, 5.41) is 0. The Kier molecular flexibility index (Phi) is 7.75. The molecule has 0 N–H and O–H groups in total. The molecule has 2 aromatic rings. The number of carbonyl (C=O) groups is 1. The van der Waals surface area contributed by atoms with Crippen LogP contribution < -0.4 is 4.18 Å². The maximum absolute atomic E-state index is 12.9. The number of nitrogens with zero attached hydrogens (tertiary/aromatic N) is 1. The molecule has 0 aliphatic carbocycles. The molecule has 5 nitrogen and oxygen atoms in total. The van der Waals surface area contributed by atoms with Crippen molar-refractivity contribution in [3.8, 4) is 5.75 Å². The molecule has 2 aromatic carbocycles. The van der Waals surface area contributed by atoms with Crippen LogP contribution >= 0.6 is 0 Å². The highest BCUT2D eigenvalue weighted by Crippen LogP contribution is 2.31. The Labute approximate surface area is 181 Å². The predicted octanol–water partition coefficient (Wildman–Crippen LogP) is 5.26. The molecule has 0 spiro atoms. The standard InChI is InChI=1S/C22H26F3NO4S/c1-5-16(4)26(21(27)15(2)3)14-17-8-6-10-19(12-17)30-31(28,29)20-11-7-9-18(13-20)22(23,24)25/h6-13,15-16H,5,14H2,1-4H3/t16-/m1/s1. The van der Waals surface area contributed by atoms with E-state index in [1.54, 1.807) is 30.9 Å². The van der Waals surface area contributed by atoms with E-state index in [2.05, 4.69) is 0 Å². The average Bonchev–Trinajstić information content (AvgIpc) is 2.70. The highest BCUT2D eigenvalue weighted by molar-refractivity contribution is 7.87. The first kappa shape index (κ1) is 24.7. The molecule has 0 aromatic heterocycles. The van der Waals surface area contributed by atoms with E-state index in [0.717, 1.165) is 24.6 Å². The van der Waals surface area contributed by atoms with Gasteiger partial charge < -0.3 is 9.08 Å². The maximum Gasteiger partial charge on any atom is 0.416 e. The lowest BCUT2D eigenvalue weighted by Crippen LogP contribution is -2.40. The third kappa shape index (κ3) is 6.46.